The average molecular weight is 261 g/mol. The van der Waals surface area contributed by atoms with Gasteiger partial charge in [-0.05, 0) is 6.42 Å². The van der Waals surface area contributed by atoms with E-state index in [-0.39, 0.29) is 11.0 Å². The lowest BCUT2D eigenvalue weighted by atomic mass is 10.1. The molecule has 0 radical (unpaired) electrons. The Morgan fingerprint density at radius 1 is 1.62 bits per heavy atom. The lowest BCUT2D eigenvalue weighted by molar-refractivity contribution is -0.138. The molecular weight excluding hydrogens is 248 g/mol. The standard InChI is InChI=1S/C11H13ClO3S/c1-10(2)7(11(10,12)9(14)15)5-6-3-4-16-8(6)13/h5,7H,3-4H2,1-2H3,(H,14,15). The van der Waals surface area contributed by atoms with Gasteiger partial charge in [0, 0.05) is 22.7 Å². The van der Waals surface area contributed by atoms with Crippen LogP contribution in [0.25, 0.3) is 0 Å². The molecule has 2 aliphatic rings. The number of carboxylic acids is 1. The molecule has 16 heavy (non-hydrogen) atoms. The number of rotatable bonds is 2. The topological polar surface area (TPSA) is 54.4 Å². The molecule has 0 aromatic heterocycles. The summed E-state index contributed by atoms with van der Waals surface area (Å²) >= 11 is 7.39. The molecule has 1 aliphatic carbocycles. The van der Waals surface area contributed by atoms with Gasteiger partial charge in [-0.1, -0.05) is 31.7 Å². The van der Waals surface area contributed by atoms with Crippen molar-refractivity contribution in [3.8, 4) is 0 Å². The van der Waals surface area contributed by atoms with Crippen LogP contribution < -0.4 is 0 Å². The van der Waals surface area contributed by atoms with E-state index in [1.807, 2.05) is 13.8 Å². The van der Waals surface area contributed by atoms with Gasteiger partial charge in [-0.15, -0.1) is 11.6 Å². The Hall–Kier alpha value is -0.480. The fourth-order valence-corrected chi connectivity index (χ4v) is 3.54. The van der Waals surface area contributed by atoms with Crippen LogP contribution in [0.15, 0.2) is 11.6 Å². The van der Waals surface area contributed by atoms with E-state index in [4.69, 9.17) is 16.7 Å². The summed E-state index contributed by atoms with van der Waals surface area (Å²) in [6, 6.07) is 0. The molecule has 1 heterocycles. The maximum absolute atomic E-state index is 11.4. The zero-order valence-corrected chi connectivity index (χ0v) is 10.7. The van der Waals surface area contributed by atoms with E-state index in [0.717, 1.165) is 17.7 Å². The summed E-state index contributed by atoms with van der Waals surface area (Å²) in [5, 5.41) is 9.17. The summed E-state index contributed by atoms with van der Waals surface area (Å²) in [7, 11) is 0. The van der Waals surface area contributed by atoms with Gasteiger partial charge in [0.1, 0.15) is 0 Å². The van der Waals surface area contributed by atoms with Gasteiger partial charge in [-0.25, -0.2) is 0 Å². The number of allylic oxidation sites excluding steroid dienone is 1. The molecule has 2 fully saturated rings. The summed E-state index contributed by atoms with van der Waals surface area (Å²) in [4.78, 5) is 21.3. The maximum Gasteiger partial charge on any atom is 0.325 e. The molecule has 2 unspecified atom stereocenters. The van der Waals surface area contributed by atoms with E-state index in [1.54, 1.807) is 6.08 Å². The third-order valence-corrected chi connectivity index (χ3v) is 5.42. The SMILES string of the molecule is CC1(C)C(C=C2CCSC2=O)C1(Cl)C(=O)O. The van der Waals surface area contributed by atoms with Crippen molar-refractivity contribution in [1.29, 1.82) is 0 Å². The molecule has 1 saturated heterocycles. The van der Waals surface area contributed by atoms with Crippen molar-refractivity contribution in [2.75, 3.05) is 5.75 Å². The van der Waals surface area contributed by atoms with Gasteiger partial charge in [0.2, 0.25) is 5.12 Å². The molecule has 88 valence electrons. The molecular formula is C11H13ClO3S. The van der Waals surface area contributed by atoms with E-state index in [0.29, 0.717) is 0 Å². The van der Waals surface area contributed by atoms with Gasteiger partial charge in [-0.2, -0.15) is 0 Å². The Morgan fingerprint density at radius 2 is 2.25 bits per heavy atom. The molecule has 1 saturated carbocycles. The zero-order chi connectivity index (χ0) is 12.1. The lowest BCUT2D eigenvalue weighted by Gasteiger charge is -2.03. The molecule has 0 amide bonds. The van der Waals surface area contributed by atoms with Crippen LogP contribution in [0.1, 0.15) is 20.3 Å². The van der Waals surface area contributed by atoms with Crippen molar-refractivity contribution in [2.45, 2.75) is 25.1 Å². The minimum atomic E-state index is -1.24. The summed E-state index contributed by atoms with van der Waals surface area (Å²) in [6.45, 7) is 3.64. The normalized spacial score (nSPS) is 39.1. The first-order valence-corrected chi connectivity index (χ1v) is 6.48. The monoisotopic (exact) mass is 260 g/mol. The molecule has 0 spiro atoms. The van der Waals surface area contributed by atoms with Crippen molar-refractivity contribution < 1.29 is 14.7 Å². The van der Waals surface area contributed by atoms with Crippen LogP contribution in [0.5, 0.6) is 0 Å². The average Bonchev–Trinajstić information content (AvgIpc) is 2.50. The predicted molar refractivity (Wildman–Crippen MR) is 63.7 cm³/mol. The van der Waals surface area contributed by atoms with Crippen LogP contribution >= 0.6 is 23.4 Å². The Morgan fingerprint density at radius 3 is 2.62 bits per heavy atom. The quantitative estimate of drug-likeness (QED) is 0.611. The highest BCUT2D eigenvalue weighted by atomic mass is 35.5. The van der Waals surface area contributed by atoms with E-state index in [2.05, 4.69) is 0 Å². The molecule has 3 nitrogen and oxygen atoms in total. The third-order valence-electron chi connectivity index (χ3n) is 3.61. The number of carbonyl (C=O) groups is 2. The first kappa shape index (κ1) is 12.0. The van der Waals surface area contributed by atoms with Crippen molar-refractivity contribution in [1.82, 2.24) is 0 Å². The number of carboxylic acid groups (broad SMARTS) is 1. The number of halogens is 1. The van der Waals surface area contributed by atoms with Crippen LogP contribution in [-0.4, -0.2) is 26.8 Å². The molecule has 0 aromatic rings. The number of alkyl halides is 1. The Balaban J connectivity index is 2.26. The molecule has 0 aromatic carbocycles. The molecule has 0 bridgehead atoms. The fraction of sp³-hybridized carbons (Fsp3) is 0.636. The number of carbonyl (C=O) groups excluding carboxylic acids is 1. The fourth-order valence-electron chi connectivity index (χ4n) is 2.28. The van der Waals surface area contributed by atoms with Gasteiger partial charge in [0.05, 0.1) is 0 Å². The Bertz CT molecular complexity index is 402. The van der Waals surface area contributed by atoms with E-state index < -0.39 is 16.3 Å². The summed E-state index contributed by atoms with van der Waals surface area (Å²) in [5.41, 5.74) is 0.243. The summed E-state index contributed by atoms with van der Waals surface area (Å²) < 4.78 is 0. The van der Waals surface area contributed by atoms with Gasteiger partial charge < -0.3 is 5.11 Å². The summed E-state index contributed by atoms with van der Waals surface area (Å²) in [5.74, 6) is -0.462. The van der Waals surface area contributed by atoms with E-state index in [9.17, 15) is 9.59 Å². The van der Waals surface area contributed by atoms with Crippen LogP contribution in [0.3, 0.4) is 0 Å². The highest BCUT2D eigenvalue weighted by Crippen LogP contribution is 2.67. The van der Waals surface area contributed by atoms with Crippen molar-refractivity contribution in [2.24, 2.45) is 11.3 Å². The Labute approximate surface area is 103 Å². The number of aliphatic carboxylic acids is 1. The molecule has 2 atom stereocenters. The first-order chi connectivity index (χ1) is 7.31. The largest absolute Gasteiger partial charge is 0.480 e. The highest BCUT2D eigenvalue weighted by molar-refractivity contribution is 8.14. The van der Waals surface area contributed by atoms with E-state index in [1.165, 1.54) is 11.8 Å². The molecule has 1 aliphatic heterocycles. The van der Waals surface area contributed by atoms with Gasteiger partial charge in [0.25, 0.3) is 0 Å². The number of hydrogen-bond donors (Lipinski definition) is 1. The lowest BCUT2D eigenvalue weighted by Crippen LogP contribution is -2.21. The summed E-state index contributed by atoms with van der Waals surface area (Å²) in [6.07, 6.45) is 2.49. The van der Waals surface area contributed by atoms with Gasteiger partial charge in [-0.3, -0.25) is 9.59 Å². The molecule has 1 N–H and O–H groups in total. The van der Waals surface area contributed by atoms with Gasteiger partial charge >= 0.3 is 5.97 Å². The second-order valence-electron chi connectivity index (χ2n) is 4.79. The maximum atomic E-state index is 11.4. The van der Waals surface area contributed by atoms with Crippen LogP contribution in [0, 0.1) is 11.3 Å². The van der Waals surface area contributed by atoms with E-state index >= 15 is 0 Å². The zero-order valence-electron chi connectivity index (χ0n) is 9.12. The Kier molecular flexibility index (Phi) is 2.63. The van der Waals surface area contributed by atoms with Crippen LogP contribution in [-0.2, 0) is 9.59 Å². The molecule has 5 heteroatoms. The third kappa shape index (κ3) is 1.43. The minimum absolute atomic E-state index is 0.0621. The minimum Gasteiger partial charge on any atom is -0.480 e. The second-order valence-corrected chi connectivity index (χ2v) is 6.46. The van der Waals surface area contributed by atoms with Crippen LogP contribution in [0.2, 0.25) is 0 Å². The van der Waals surface area contributed by atoms with Gasteiger partial charge in [0.15, 0.2) is 4.87 Å². The van der Waals surface area contributed by atoms with Crippen molar-refractivity contribution >= 4 is 34.4 Å². The first-order valence-electron chi connectivity index (χ1n) is 5.12. The smallest absolute Gasteiger partial charge is 0.325 e. The predicted octanol–water partition coefficient (Wildman–Crippen LogP) is 2.29. The number of hydrogen-bond acceptors (Lipinski definition) is 3. The molecule has 2 rings (SSSR count). The highest BCUT2D eigenvalue weighted by Gasteiger charge is 2.74. The van der Waals surface area contributed by atoms with Crippen LogP contribution in [0.4, 0.5) is 0 Å². The van der Waals surface area contributed by atoms with Crippen molar-refractivity contribution in [3.05, 3.63) is 11.6 Å². The number of thioether (sulfide) groups is 1. The van der Waals surface area contributed by atoms with Crippen molar-refractivity contribution in [3.63, 3.8) is 0 Å². The second kappa shape index (κ2) is 3.50.